The summed E-state index contributed by atoms with van der Waals surface area (Å²) >= 11 is 0. The fourth-order valence-electron chi connectivity index (χ4n) is 1.17. The molecule has 3 N–H and O–H groups in total. The molecule has 0 atom stereocenters. The van der Waals surface area contributed by atoms with Crippen LogP contribution in [0.4, 0.5) is 11.4 Å². The fourth-order valence-corrected chi connectivity index (χ4v) is 1.65. The zero-order valence-corrected chi connectivity index (χ0v) is 9.68. The van der Waals surface area contributed by atoms with Gasteiger partial charge in [-0.15, -0.1) is 5.11 Å². The molecular weight excluding hydrogens is 260 g/mol. The Labute approximate surface area is 101 Å². The third-order valence-electron chi connectivity index (χ3n) is 2.04. The van der Waals surface area contributed by atoms with Gasteiger partial charge >= 0.3 is 0 Å². The lowest BCUT2D eigenvalue weighted by molar-refractivity contribution is 0.483. The standard InChI is InChI=1S/C9H8N4O4S/c14-9-8(5-10-13-9)12-11-6-1-3-7(4-2-6)18(15,16)17/h1-5H,(H2,10,13,14)(H,15,16,17). The lowest BCUT2D eigenvalue weighted by Gasteiger charge is -1.96. The van der Waals surface area contributed by atoms with Crippen LogP contribution in [0.5, 0.6) is 0 Å². The summed E-state index contributed by atoms with van der Waals surface area (Å²) in [6.45, 7) is 0. The van der Waals surface area contributed by atoms with Crippen LogP contribution >= 0.6 is 0 Å². The van der Waals surface area contributed by atoms with Gasteiger partial charge in [-0.1, -0.05) is 0 Å². The third kappa shape index (κ3) is 2.70. The van der Waals surface area contributed by atoms with E-state index in [0.717, 1.165) is 0 Å². The number of benzene rings is 1. The molecule has 2 rings (SSSR count). The molecule has 0 fully saturated rings. The van der Waals surface area contributed by atoms with Crippen molar-refractivity contribution in [3.8, 4) is 0 Å². The van der Waals surface area contributed by atoms with Crippen LogP contribution < -0.4 is 5.56 Å². The maximum Gasteiger partial charge on any atom is 0.294 e. The topological polar surface area (TPSA) is 128 Å². The molecule has 0 aliphatic heterocycles. The number of aromatic nitrogens is 2. The van der Waals surface area contributed by atoms with E-state index in [4.69, 9.17) is 4.55 Å². The summed E-state index contributed by atoms with van der Waals surface area (Å²) in [4.78, 5) is 10.8. The molecule has 0 aliphatic rings. The van der Waals surface area contributed by atoms with Crippen molar-refractivity contribution in [2.45, 2.75) is 4.90 Å². The molecular formula is C9H8N4O4S. The normalized spacial score (nSPS) is 12.1. The average Bonchev–Trinajstić information content (AvgIpc) is 2.72. The van der Waals surface area contributed by atoms with Crippen molar-refractivity contribution in [2.75, 3.05) is 0 Å². The first-order chi connectivity index (χ1) is 8.47. The van der Waals surface area contributed by atoms with E-state index in [-0.39, 0.29) is 10.6 Å². The maximum atomic E-state index is 11.1. The minimum absolute atomic E-state index is 0.105. The molecule has 0 bridgehead atoms. The number of nitrogens with zero attached hydrogens (tertiary/aromatic N) is 2. The van der Waals surface area contributed by atoms with Crippen molar-refractivity contribution in [3.05, 3.63) is 40.8 Å². The van der Waals surface area contributed by atoms with Crippen molar-refractivity contribution < 1.29 is 13.0 Å². The van der Waals surface area contributed by atoms with E-state index in [2.05, 4.69) is 20.4 Å². The van der Waals surface area contributed by atoms with Gasteiger partial charge in [0.05, 0.1) is 16.8 Å². The highest BCUT2D eigenvalue weighted by molar-refractivity contribution is 7.85. The highest BCUT2D eigenvalue weighted by atomic mass is 32.2. The predicted molar refractivity (Wildman–Crippen MR) is 61.8 cm³/mol. The molecule has 2 aromatic rings. The van der Waals surface area contributed by atoms with Crippen LogP contribution in [-0.2, 0) is 10.1 Å². The van der Waals surface area contributed by atoms with Gasteiger partial charge in [0, 0.05) is 0 Å². The summed E-state index contributed by atoms with van der Waals surface area (Å²) in [5.74, 6) is 0. The first-order valence-electron chi connectivity index (χ1n) is 4.72. The van der Waals surface area contributed by atoms with Gasteiger partial charge in [-0.2, -0.15) is 13.5 Å². The van der Waals surface area contributed by atoms with Gasteiger partial charge in [0.15, 0.2) is 5.69 Å². The summed E-state index contributed by atoms with van der Waals surface area (Å²) in [6, 6.07) is 5.08. The number of azo groups is 1. The molecule has 0 aliphatic carbocycles. The zero-order chi connectivity index (χ0) is 13.2. The number of rotatable bonds is 3. The summed E-state index contributed by atoms with van der Waals surface area (Å²) in [7, 11) is -4.22. The lowest BCUT2D eigenvalue weighted by atomic mass is 10.3. The minimum Gasteiger partial charge on any atom is -0.303 e. The zero-order valence-electron chi connectivity index (χ0n) is 8.86. The van der Waals surface area contributed by atoms with Gasteiger partial charge < -0.3 is 5.10 Å². The maximum absolute atomic E-state index is 11.1. The third-order valence-corrected chi connectivity index (χ3v) is 2.90. The monoisotopic (exact) mass is 268 g/mol. The molecule has 0 amide bonds. The van der Waals surface area contributed by atoms with Crippen LogP contribution in [0.2, 0.25) is 0 Å². The first-order valence-corrected chi connectivity index (χ1v) is 6.16. The summed E-state index contributed by atoms with van der Waals surface area (Å²) in [6.07, 6.45) is 1.35. The molecule has 18 heavy (non-hydrogen) atoms. The molecule has 0 saturated heterocycles. The number of hydrogen-bond acceptors (Lipinski definition) is 5. The predicted octanol–water partition coefficient (Wildman–Crippen LogP) is 1.37. The summed E-state index contributed by atoms with van der Waals surface area (Å²) in [5, 5.41) is 12.2. The summed E-state index contributed by atoms with van der Waals surface area (Å²) < 4.78 is 30.3. The first kappa shape index (κ1) is 12.2. The van der Waals surface area contributed by atoms with E-state index < -0.39 is 15.7 Å². The SMILES string of the molecule is O=c1[nH][nH]cc1N=Nc1ccc(S(=O)(=O)O)cc1. The Morgan fingerprint density at radius 1 is 1.11 bits per heavy atom. The molecule has 8 nitrogen and oxygen atoms in total. The van der Waals surface area contributed by atoms with E-state index in [9.17, 15) is 13.2 Å². The Morgan fingerprint density at radius 2 is 1.78 bits per heavy atom. The lowest BCUT2D eigenvalue weighted by Crippen LogP contribution is -1.97. The Hall–Kier alpha value is -2.26. The molecule has 0 spiro atoms. The van der Waals surface area contributed by atoms with Crippen LogP contribution in [0.15, 0.2) is 50.4 Å². The van der Waals surface area contributed by atoms with E-state index in [0.29, 0.717) is 5.69 Å². The Kier molecular flexibility index (Phi) is 3.08. The summed E-state index contributed by atoms with van der Waals surface area (Å²) in [5.41, 5.74) is 0.0464. The van der Waals surface area contributed by atoms with Crippen LogP contribution in [0.3, 0.4) is 0 Å². The van der Waals surface area contributed by atoms with E-state index in [1.807, 2.05) is 0 Å². The molecule has 1 aromatic heterocycles. The van der Waals surface area contributed by atoms with E-state index >= 15 is 0 Å². The van der Waals surface area contributed by atoms with Gasteiger partial charge in [-0.3, -0.25) is 14.4 Å². The van der Waals surface area contributed by atoms with Crippen LogP contribution in [0.1, 0.15) is 0 Å². The average molecular weight is 268 g/mol. The number of hydrogen-bond donors (Lipinski definition) is 3. The van der Waals surface area contributed by atoms with Crippen LogP contribution in [-0.4, -0.2) is 23.2 Å². The van der Waals surface area contributed by atoms with E-state index in [1.165, 1.54) is 30.5 Å². The smallest absolute Gasteiger partial charge is 0.294 e. The Bertz CT molecular complexity index is 726. The number of aromatic amines is 2. The minimum atomic E-state index is -4.22. The van der Waals surface area contributed by atoms with Crippen molar-refractivity contribution in [2.24, 2.45) is 10.2 Å². The van der Waals surface area contributed by atoms with Crippen molar-refractivity contribution in [3.63, 3.8) is 0 Å². The molecule has 1 aromatic carbocycles. The number of H-pyrrole nitrogens is 2. The van der Waals surface area contributed by atoms with E-state index in [1.54, 1.807) is 0 Å². The molecule has 0 radical (unpaired) electrons. The highest BCUT2D eigenvalue weighted by Crippen LogP contribution is 2.18. The van der Waals surface area contributed by atoms with Crippen LogP contribution in [0, 0.1) is 0 Å². The van der Waals surface area contributed by atoms with Gasteiger partial charge in [0.2, 0.25) is 0 Å². The fraction of sp³-hybridized carbons (Fsp3) is 0. The molecule has 0 saturated carbocycles. The molecule has 1 heterocycles. The molecule has 94 valence electrons. The van der Waals surface area contributed by atoms with Crippen molar-refractivity contribution in [1.29, 1.82) is 0 Å². The number of nitrogens with one attached hydrogen (secondary N) is 2. The quantitative estimate of drug-likeness (QED) is 0.573. The van der Waals surface area contributed by atoms with Crippen molar-refractivity contribution in [1.82, 2.24) is 10.2 Å². The Balaban J connectivity index is 2.24. The second kappa shape index (κ2) is 4.55. The van der Waals surface area contributed by atoms with Gasteiger partial charge in [0.1, 0.15) is 0 Å². The van der Waals surface area contributed by atoms with Gasteiger partial charge in [-0.05, 0) is 24.3 Å². The molecule has 0 unspecified atom stereocenters. The second-order valence-electron chi connectivity index (χ2n) is 3.30. The van der Waals surface area contributed by atoms with Gasteiger partial charge in [0.25, 0.3) is 15.7 Å². The Morgan fingerprint density at radius 3 is 2.28 bits per heavy atom. The van der Waals surface area contributed by atoms with Crippen molar-refractivity contribution >= 4 is 21.5 Å². The molecule has 9 heteroatoms. The second-order valence-corrected chi connectivity index (χ2v) is 4.72. The van der Waals surface area contributed by atoms with Gasteiger partial charge in [-0.25, -0.2) is 0 Å². The highest BCUT2D eigenvalue weighted by Gasteiger charge is 2.08. The van der Waals surface area contributed by atoms with Crippen LogP contribution in [0.25, 0.3) is 0 Å². The largest absolute Gasteiger partial charge is 0.303 e.